The van der Waals surface area contributed by atoms with Gasteiger partial charge in [0, 0.05) is 36.6 Å². The van der Waals surface area contributed by atoms with Crippen molar-refractivity contribution in [2.75, 3.05) is 10.2 Å². The van der Waals surface area contributed by atoms with Crippen molar-refractivity contribution in [2.24, 2.45) is 0 Å². The molecular formula is C26H23ClN4O4. The number of hydrogen-bond donors (Lipinski definition) is 1. The van der Waals surface area contributed by atoms with Gasteiger partial charge in [0.25, 0.3) is 5.91 Å². The zero-order valence-electron chi connectivity index (χ0n) is 19.0. The number of halogens is 1. The molecule has 1 fully saturated rings. The summed E-state index contributed by atoms with van der Waals surface area (Å²) in [4.78, 5) is 57.6. The van der Waals surface area contributed by atoms with Gasteiger partial charge in [0.1, 0.15) is 6.04 Å². The molecule has 1 aliphatic rings. The Kier molecular flexibility index (Phi) is 7.22. The van der Waals surface area contributed by atoms with Crippen molar-refractivity contribution < 1.29 is 19.2 Å². The molecule has 8 nitrogen and oxygen atoms in total. The molecular weight excluding hydrogens is 468 g/mol. The Labute approximate surface area is 207 Å². The van der Waals surface area contributed by atoms with Crippen molar-refractivity contribution in [2.45, 2.75) is 32.4 Å². The smallest absolute Gasteiger partial charge is 0.257 e. The third-order valence-corrected chi connectivity index (χ3v) is 5.86. The summed E-state index contributed by atoms with van der Waals surface area (Å²) in [6, 6.07) is 15.9. The average Bonchev–Trinajstić information content (AvgIpc) is 3.13. The standard InChI is InChI=1S/C26H23ClN4O4/c1-17(32)29-21-8-10-22(11-9-21)31-25(34)14-23(26(31)35)30(16-19-3-2-12-28-15-19)24(33)13-18-4-6-20(27)7-5-18/h2-12,15,23H,13-14,16H2,1H3,(H,29,32). The highest BCUT2D eigenvalue weighted by Crippen LogP contribution is 2.28. The number of benzene rings is 2. The molecule has 2 aromatic carbocycles. The van der Waals surface area contributed by atoms with Gasteiger partial charge < -0.3 is 10.2 Å². The first kappa shape index (κ1) is 24.1. The number of amides is 4. The molecule has 1 unspecified atom stereocenters. The zero-order valence-corrected chi connectivity index (χ0v) is 19.7. The molecule has 4 rings (SSSR count). The Morgan fingerprint density at radius 2 is 1.77 bits per heavy atom. The van der Waals surface area contributed by atoms with Crippen molar-refractivity contribution >= 4 is 46.6 Å². The SMILES string of the molecule is CC(=O)Nc1ccc(N2C(=O)CC(N(Cc3cccnc3)C(=O)Cc3ccc(Cl)cc3)C2=O)cc1. The molecule has 1 aliphatic heterocycles. The number of anilines is 2. The van der Waals surface area contributed by atoms with Gasteiger partial charge >= 0.3 is 0 Å². The second kappa shape index (κ2) is 10.5. The molecule has 1 atom stereocenters. The van der Waals surface area contributed by atoms with Crippen LogP contribution in [0.2, 0.25) is 5.02 Å². The number of rotatable bonds is 7. The second-order valence-corrected chi connectivity index (χ2v) is 8.64. The molecule has 0 bridgehead atoms. The van der Waals surface area contributed by atoms with Gasteiger partial charge in [-0.15, -0.1) is 0 Å². The number of imide groups is 1. The number of hydrogen-bond acceptors (Lipinski definition) is 5. The van der Waals surface area contributed by atoms with Crippen molar-refractivity contribution in [3.05, 3.63) is 89.2 Å². The van der Waals surface area contributed by atoms with Gasteiger partial charge in [-0.1, -0.05) is 29.8 Å². The van der Waals surface area contributed by atoms with E-state index in [1.807, 2.05) is 6.07 Å². The summed E-state index contributed by atoms with van der Waals surface area (Å²) in [5, 5.41) is 3.21. The van der Waals surface area contributed by atoms with E-state index in [1.54, 1.807) is 67.0 Å². The van der Waals surface area contributed by atoms with Gasteiger partial charge in [-0.3, -0.25) is 24.2 Å². The van der Waals surface area contributed by atoms with E-state index in [1.165, 1.54) is 11.8 Å². The third kappa shape index (κ3) is 5.73. The Bertz CT molecular complexity index is 1250. The average molecular weight is 491 g/mol. The maximum absolute atomic E-state index is 13.4. The fourth-order valence-corrected chi connectivity index (χ4v) is 4.09. The Morgan fingerprint density at radius 1 is 1.06 bits per heavy atom. The lowest BCUT2D eigenvalue weighted by molar-refractivity contribution is -0.138. The Balaban J connectivity index is 1.59. The predicted molar refractivity (Wildman–Crippen MR) is 132 cm³/mol. The van der Waals surface area contributed by atoms with Crippen LogP contribution in [-0.2, 0) is 32.1 Å². The maximum Gasteiger partial charge on any atom is 0.257 e. The second-order valence-electron chi connectivity index (χ2n) is 8.20. The van der Waals surface area contributed by atoms with E-state index >= 15 is 0 Å². The van der Waals surface area contributed by atoms with Gasteiger partial charge in [-0.2, -0.15) is 0 Å². The summed E-state index contributed by atoms with van der Waals surface area (Å²) < 4.78 is 0. The Hall–Kier alpha value is -4.04. The summed E-state index contributed by atoms with van der Waals surface area (Å²) in [7, 11) is 0. The van der Waals surface area contributed by atoms with Gasteiger partial charge in [-0.25, -0.2) is 4.90 Å². The third-order valence-electron chi connectivity index (χ3n) is 5.61. The van der Waals surface area contributed by atoms with Crippen molar-refractivity contribution in [3.8, 4) is 0 Å². The van der Waals surface area contributed by atoms with E-state index in [9.17, 15) is 19.2 Å². The van der Waals surface area contributed by atoms with Crippen molar-refractivity contribution in [1.29, 1.82) is 0 Å². The van der Waals surface area contributed by atoms with Gasteiger partial charge in [0.05, 0.1) is 18.5 Å². The van der Waals surface area contributed by atoms with Gasteiger partial charge in [-0.05, 0) is 53.6 Å². The molecule has 1 saturated heterocycles. The maximum atomic E-state index is 13.4. The van der Waals surface area contributed by atoms with Crippen LogP contribution in [0.4, 0.5) is 11.4 Å². The minimum atomic E-state index is -0.947. The highest BCUT2D eigenvalue weighted by Gasteiger charge is 2.44. The molecule has 1 aromatic heterocycles. The quantitative estimate of drug-likeness (QED) is 0.510. The minimum absolute atomic E-state index is 0.0564. The summed E-state index contributed by atoms with van der Waals surface area (Å²) in [5.41, 5.74) is 2.42. The monoisotopic (exact) mass is 490 g/mol. The highest BCUT2D eigenvalue weighted by molar-refractivity contribution is 6.30. The molecule has 178 valence electrons. The predicted octanol–water partition coefficient (Wildman–Crippen LogP) is 3.60. The summed E-state index contributed by atoms with van der Waals surface area (Å²) in [6.07, 6.45) is 3.18. The largest absolute Gasteiger partial charge is 0.326 e. The number of carbonyl (C=O) groups is 4. The normalized spacial score (nSPS) is 15.3. The molecule has 0 aliphatic carbocycles. The van der Waals surface area contributed by atoms with Crippen LogP contribution in [0.25, 0.3) is 0 Å². The topological polar surface area (TPSA) is 99.7 Å². The van der Waals surface area contributed by atoms with Crippen LogP contribution in [0.5, 0.6) is 0 Å². The van der Waals surface area contributed by atoms with Gasteiger partial charge in [0.2, 0.25) is 17.7 Å². The van der Waals surface area contributed by atoms with E-state index in [4.69, 9.17) is 11.6 Å². The molecule has 35 heavy (non-hydrogen) atoms. The van der Waals surface area contributed by atoms with E-state index < -0.39 is 17.9 Å². The van der Waals surface area contributed by atoms with Crippen LogP contribution >= 0.6 is 11.6 Å². The molecule has 0 radical (unpaired) electrons. The summed E-state index contributed by atoms with van der Waals surface area (Å²) in [5.74, 6) is -1.39. The molecule has 0 saturated carbocycles. The highest BCUT2D eigenvalue weighted by atomic mass is 35.5. The number of carbonyl (C=O) groups excluding carboxylic acids is 4. The molecule has 4 amide bonds. The molecule has 9 heteroatoms. The molecule has 2 heterocycles. The van der Waals surface area contributed by atoms with Crippen LogP contribution in [-0.4, -0.2) is 39.6 Å². The lowest BCUT2D eigenvalue weighted by atomic mass is 10.1. The fourth-order valence-electron chi connectivity index (χ4n) is 3.97. The van der Waals surface area contributed by atoms with E-state index in [0.717, 1.165) is 16.0 Å². The molecule has 3 aromatic rings. The fraction of sp³-hybridized carbons (Fsp3) is 0.192. The summed E-state index contributed by atoms with van der Waals surface area (Å²) >= 11 is 5.96. The van der Waals surface area contributed by atoms with Crippen molar-refractivity contribution in [3.63, 3.8) is 0 Å². The van der Waals surface area contributed by atoms with Crippen LogP contribution in [0.15, 0.2) is 73.1 Å². The summed E-state index contributed by atoms with van der Waals surface area (Å²) in [6.45, 7) is 1.53. The minimum Gasteiger partial charge on any atom is -0.326 e. The first-order chi connectivity index (χ1) is 16.8. The number of nitrogens with one attached hydrogen (secondary N) is 1. The van der Waals surface area contributed by atoms with Crippen LogP contribution < -0.4 is 10.2 Å². The first-order valence-corrected chi connectivity index (χ1v) is 11.4. The number of nitrogens with zero attached hydrogens (tertiary/aromatic N) is 3. The van der Waals surface area contributed by atoms with E-state index in [2.05, 4.69) is 10.3 Å². The molecule has 0 spiro atoms. The number of pyridine rings is 1. The van der Waals surface area contributed by atoms with Crippen LogP contribution in [0, 0.1) is 0 Å². The van der Waals surface area contributed by atoms with E-state index in [-0.39, 0.29) is 31.2 Å². The van der Waals surface area contributed by atoms with Crippen LogP contribution in [0.3, 0.4) is 0 Å². The lowest BCUT2D eigenvalue weighted by Crippen LogP contribution is -2.45. The molecule has 1 N–H and O–H groups in total. The lowest BCUT2D eigenvalue weighted by Gasteiger charge is -2.28. The van der Waals surface area contributed by atoms with Crippen molar-refractivity contribution in [1.82, 2.24) is 9.88 Å². The van der Waals surface area contributed by atoms with E-state index in [0.29, 0.717) is 16.4 Å². The van der Waals surface area contributed by atoms with Crippen LogP contribution in [0.1, 0.15) is 24.5 Å². The van der Waals surface area contributed by atoms with Gasteiger partial charge in [0.15, 0.2) is 0 Å². The first-order valence-electron chi connectivity index (χ1n) is 11.0. The number of aromatic nitrogens is 1. The Morgan fingerprint density at radius 3 is 2.40 bits per heavy atom. The zero-order chi connectivity index (χ0) is 24.9.